The van der Waals surface area contributed by atoms with Gasteiger partial charge in [-0.15, -0.1) is 0 Å². The Hall–Kier alpha value is -1.51. The molecular formula is C19H21Cl2NO. The molecule has 0 aliphatic carbocycles. The fourth-order valence-electron chi connectivity index (χ4n) is 2.34. The van der Waals surface area contributed by atoms with E-state index in [9.17, 15) is 4.79 Å². The molecule has 0 aliphatic heterocycles. The molecule has 1 amide bonds. The smallest absolute Gasteiger partial charge is 0.220 e. The molecule has 0 fully saturated rings. The van der Waals surface area contributed by atoms with Crippen LogP contribution in [0.1, 0.15) is 29.5 Å². The quantitative estimate of drug-likeness (QED) is 0.701. The molecular weight excluding hydrogens is 329 g/mol. The molecule has 0 saturated heterocycles. The SMILES string of the molecule is Cc1ccc(CCCNC(=O)CCc2ccc(Cl)cc2Cl)cc1. The largest absolute Gasteiger partial charge is 0.356 e. The Labute approximate surface area is 147 Å². The lowest BCUT2D eigenvalue weighted by Crippen LogP contribution is -2.25. The standard InChI is InChI=1S/C19H21Cl2NO/c1-14-4-6-15(7-5-14)3-2-12-22-19(23)11-9-16-8-10-17(20)13-18(16)21/h4-8,10,13H,2-3,9,11-12H2,1H3,(H,22,23). The third-order valence-corrected chi connectivity index (χ3v) is 4.31. The normalized spacial score (nSPS) is 10.6. The third-order valence-electron chi connectivity index (χ3n) is 3.72. The Morgan fingerprint density at radius 2 is 1.78 bits per heavy atom. The van der Waals surface area contributed by atoms with Crippen molar-refractivity contribution in [3.8, 4) is 0 Å². The van der Waals surface area contributed by atoms with Crippen LogP contribution in [0.2, 0.25) is 10.0 Å². The molecule has 0 saturated carbocycles. The Bertz CT molecular complexity index is 653. The molecule has 0 unspecified atom stereocenters. The van der Waals surface area contributed by atoms with Gasteiger partial charge in [0.05, 0.1) is 0 Å². The minimum absolute atomic E-state index is 0.0555. The van der Waals surface area contributed by atoms with Gasteiger partial charge in [-0.2, -0.15) is 0 Å². The molecule has 0 aliphatic rings. The van der Waals surface area contributed by atoms with Gasteiger partial charge in [0.15, 0.2) is 0 Å². The number of amides is 1. The highest BCUT2D eigenvalue weighted by Gasteiger charge is 2.05. The average molecular weight is 350 g/mol. The Morgan fingerprint density at radius 3 is 2.48 bits per heavy atom. The van der Waals surface area contributed by atoms with Gasteiger partial charge in [0.1, 0.15) is 0 Å². The van der Waals surface area contributed by atoms with Gasteiger partial charge in [0, 0.05) is 23.0 Å². The second-order valence-electron chi connectivity index (χ2n) is 5.67. The predicted octanol–water partition coefficient (Wildman–Crippen LogP) is 4.98. The third kappa shape index (κ3) is 6.25. The number of rotatable bonds is 7. The van der Waals surface area contributed by atoms with Crippen LogP contribution in [0.3, 0.4) is 0 Å². The molecule has 0 radical (unpaired) electrons. The number of benzene rings is 2. The fraction of sp³-hybridized carbons (Fsp3) is 0.316. The van der Waals surface area contributed by atoms with E-state index in [-0.39, 0.29) is 5.91 Å². The van der Waals surface area contributed by atoms with Crippen molar-refractivity contribution in [2.75, 3.05) is 6.54 Å². The summed E-state index contributed by atoms with van der Waals surface area (Å²) in [7, 11) is 0. The van der Waals surface area contributed by atoms with Crippen LogP contribution in [0.4, 0.5) is 0 Å². The summed E-state index contributed by atoms with van der Waals surface area (Å²) in [6.07, 6.45) is 2.98. The van der Waals surface area contributed by atoms with E-state index in [2.05, 4.69) is 36.5 Å². The highest BCUT2D eigenvalue weighted by Crippen LogP contribution is 2.21. The summed E-state index contributed by atoms with van der Waals surface area (Å²) in [5.74, 6) is 0.0555. The van der Waals surface area contributed by atoms with Crippen LogP contribution in [0, 0.1) is 6.92 Å². The van der Waals surface area contributed by atoms with Gasteiger partial charge >= 0.3 is 0 Å². The summed E-state index contributed by atoms with van der Waals surface area (Å²) in [5, 5.41) is 4.18. The average Bonchev–Trinajstić information content (AvgIpc) is 2.52. The van der Waals surface area contributed by atoms with Crippen molar-refractivity contribution < 1.29 is 4.79 Å². The molecule has 2 aromatic carbocycles. The number of hydrogen-bond acceptors (Lipinski definition) is 1. The van der Waals surface area contributed by atoms with Crippen LogP contribution in [0.25, 0.3) is 0 Å². The second-order valence-corrected chi connectivity index (χ2v) is 6.52. The van der Waals surface area contributed by atoms with E-state index in [4.69, 9.17) is 23.2 Å². The summed E-state index contributed by atoms with van der Waals surface area (Å²) >= 11 is 12.0. The maximum absolute atomic E-state index is 11.9. The molecule has 4 heteroatoms. The number of carbonyl (C=O) groups excluding carboxylic acids is 1. The maximum Gasteiger partial charge on any atom is 0.220 e. The Balaban J connectivity index is 1.66. The van der Waals surface area contributed by atoms with Gasteiger partial charge in [-0.25, -0.2) is 0 Å². The first kappa shape index (κ1) is 17.8. The van der Waals surface area contributed by atoms with E-state index in [1.807, 2.05) is 6.07 Å². The van der Waals surface area contributed by atoms with Gasteiger partial charge in [-0.3, -0.25) is 4.79 Å². The molecule has 0 aromatic heterocycles. The fourth-order valence-corrected chi connectivity index (χ4v) is 2.84. The molecule has 2 rings (SSSR count). The van der Waals surface area contributed by atoms with E-state index in [1.54, 1.807) is 12.1 Å². The molecule has 23 heavy (non-hydrogen) atoms. The van der Waals surface area contributed by atoms with Gasteiger partial charge in [0.2, 0.25) is 5.91 Å². The second kappa shape index (κ2) is 8.95. The van der Waals surface area contributed by atoms with Crippen molar-refractivity contribution >= 4 is 29.1 Å². The molecule has 2 aromatic rings. The summed E-state index contributed by atoms with van der Waals surface area (Å²) in [4.78, 5) is 11.9. The van der Waals surface area contributed by atoms with Crippen molar-refractivity contribution in [2.24, 2.45) is 0 Å². The highest BCUT2D eigenvalue weighted by molar-refractivity contribution is 6.35. The van der Waals surface area contributed by atoms with Crippen LogP contribution < -0.4 is 5.32 Å². The summed E-state index contributed by atoms with van der Waals surface area (Å²) in [6, 6.07) is 13.9. The number of nitrogens with one attached hydrogen (secondary N) is 1. The van der Waals surface area contributed by atoms with Gasteiger partial charge < -0.3 is 5.32 Å². The first-order valence-electron chi connectivity index (χ1n) is 7.81. The Kier molecular flexibility index (Phi) is 6.94. The number of aryl methyl sites for hydroxylation is 3. The number of halogens is 2. The summed E-state index contributed by atoms with van der Waals surface area (Å²) < 4.78 is 0. The zero-order chi connectivity index (χ0) is 16.7. The van der Waals surface area contributed by atoms with Crippen LogP contribution in [-0.2, 0) is 17.6 Å². The van der Waals surface area contributed by atoms with Gasteiger partial charge in [-0.05, 0) is 49.4 Å². The molecule has 0 spiro atoms. The van der Waals surface area contributed by atoms with Crippen molar-refractivity contribution in [3.63, 3.8) is 0 Å². The highest BCUT2D eigenvalue weighted by atomic mass is 35.5. The number of hydrogen-bond donors (Lipinski definition) is 1. The van der Waals surface area contributed by atoms with Crippen LogP contribution in [0.5, 0.6) is 0 Å². The lowest BCUT2D eigenvalue weighted by molar-refractivity contribution is -0.121. The molecule has 122 valence electrons. The molecule has 2 nitrogen and oxygen atoms in total. The monoisotopic (exact) mass is 349 g/mol. The van der Waals surface area contributed by atoms with E-state index in [1.165, 1.54) is 11.1 Å². The predicted molar refractivity (Wildman–Crippen MR) is 97.3 cm³/mol. The van der Waals surface area contributed by atoms with Gasteiger partial charge in [-0.1, -0.05) is 59.1 Å². The van der Waals surface area contributed by atoms with E-state index in [0.717, 1.165) is 18.4 Å². The molecule has 1 N–H and O–H groups in total. The summed E-state index contributed by atoms with van der Waals surface area (Å²) in [6.45, 7) is 2.78. The molecule has 0 heterocycles. The topological polar surface area (TPSA) is 29.1 Å². The summed E-state index contributed by atoms with van der Waals surface area (Å²) in [5.41, 5.74) is 3.52. The van der Waals surface area contributed by atoms with Crippen molar-refractivity contribution in [2.45, 2.75) is 32.6 Å². The Morgan fingerprint density at radius 1 is 1.04 bits per heavy atom. The molecule has 0 bridgehead atoms. The van der Waals surface area contributed by atoms with E-state index >= 15 is 0 Å². The van der Waals surface area contributed by atoms with Crippen LogP contribution in [0.15, 0.2) is 42.5 Å². The van der Waals surface area contributed by atoms with Crippen molar-refractivity contribution in [3.05, 3.63) is 69.2 Å². The molecule has 0 atom stereocenters. The van der Waals surface area contributed by atoms with Crippen LogP contribution >= 0.6 is 23.2 Å². The minimum Gasteiger partial charge on any atom is -0.356 e. The van der Waals surface area contributed by atoms with Crippen molar-refractivity contribution in [1.82, 2.24) is 5.32 Å². The maximum atomic E-state index is 11.9. The zero-order valence-corrected chi connectivity index (χ0v) is 14.8. The van der Waals surface area contributed by atoms with E-state index in [0.29, 0.717) is 29.4 Å². The van der Waals surface area contributed by atoms with E-state index < -0.39 is 0 Å². The lowest BCUT2D eigenvalue weighted by Gasteiger charge is -2.07. The first-order chi connectivity index (χ1) is 11.0. The first-order valence-corrected chi connectivity index (χ1v) is 8.56. The lowest BCUT2D eigenvalue weighted by atomic mass is 10.1. The van der Waals surface area contributed by atoms with Gasteiger partial charge in [0.25, 0.3) is 0 Å². The van der Waals surface area contributed by atoms with Crippen LogP contribution in [-0.4, -0.2) is 12.5 Å². The number of carbonyl (C=O) groups is 1. The zero-order valence-electron chi connectivity index (χ0n) is 13.2. The van der Waals surface area contributed by atoms with Crippen molar-refractivity contribution in [1.29, 1.82) is 0 Å². The minimum atomic E-state index is 0.0555.